The second-order valence-electron chi connectivity index (χ2n) is 4.08. The molecule has 0 radical (unpaired) electrons. The zero-order valence-electron chi connectivity index (χ0n) is 9.73. The highest BCUT2D eigenvalue weighted by Crippen LogP contribution is 2.21. The van der Waals surface area contributed by atoms with Crippen molar-refractivity contribution in [2.24, 2.45) is 0 Å². The summed E-state index contributed by atoms with van der Waals surface area (Å²) in [6.45, 7) is 1.55. The molecule has 1 aromatic heterocycles. The fourth-order valence-electron chi connectivity index (χ4n) is 1.77. The van der Waals surface area contributed by atoms with E-state index in [2.05, 4.69) is 6.08 Å². The summed E-state index contributed by atoms with van der Waals surface area (Å²) in [4.78, 5) is 24.8. The van der Waals surface area contributed by atoms with Crippen LogP contribution in [0.5, 0.6) is 0 Å². The van der Waals surface area contributed by atoms with Crippen LogP contribution in [0.2, 0.25) is 0 Å². The Hall–Kier alpha value is -1.48. The summed E-state index contributed by atoms with van der Waals surface area (Å²) in [7, 11) is 0. The fourth-order valence-corrected chi connectivity index (χ4v) is 2.67. The van der Waals surface area contributed by atoms with E-state index in [0.29, 0.717) is 6.42 Å². The van der Waals surface area contributed by atoms with Gasteiger partial charge in [-0.25, -0.2) is 0 Å². The lowest BCUT2D eigenvalue weighted by Gasteiger charge is -2.06. The minimum Gasteiger partial charge on any atom is -0.294 e. The van der Waals surface area contributed by atoms with Crippen molar-refractivity contribution in [1.29, 1.82) is 0 Å². The highest BCUT2D eigenvalue weighted by Gasteiger charge is 2.13. The maximum atomic E-state index is 12.0. The van der Waals surface area contributed by atoms with Crippen molar-refractivity contribution in [3.05, 3.63) is 45.7 Å². The van der Waals surface area contributed by atoms with Gasteiger partial charge in [0, 0.05) is 11.3 Å². The molecule has 17 heavy (non-hydrogen) atoms. The van der Waals surface area contributed by atoms with Crippen molar-refractivity contribution in [2.75, 3.05) is 0 Å². The Kier molecular flexibility index (Phi) is 3.69. The van der Waals surface area contributed by atoms with E-state index < -0.39 is 0 Å². The minimum absolute atomic E-state index is 0.0634. The predicted molar refractivity (Wildman–Crippen MR) is 69.5 cm³/mol. The maximum Gasteiger partial charge on any atom is 0.169 e. The van der Waals surface area contributed by atoms with Crippen LogP contribution in [-0.4, -0.2) is 11.6 Å². The Morgan fingerprint density at radius 1 is 1.35 bits per heavy atom. The number of allylic oxidation sites excluding steroid dienone is 4. The molecule has 1 heterocycles. The van der Waals surface area contributed by atoms with Gasteiger partial charge in [0.2, 0.25) is 0 Å². The van der Waals surface area contributed by atoms with Gasteiger partial charge >= 0.3 is 0 Å². The number of ketones is 2. The molecule has 0 amide bonds. The molecule has 0 saturated carbocycles. The third-order valence-corrected chi connectivity index (χ3v) is 3.90. The molecule has 0 fully saturated rings. The lowest BCUT2D eigenvalue weighted by Crippen LogP contribution is -2.06. The molecule has 0 unspecified atom stereocenters. The molecular formula is C14H14O2S. The summed E-state index contributed by atoms with van der Waals surface area (Å²) in [5.74, 6) is 0.236. The van der Waals surface area contributed by atoms with Crippen LogP contribution in [-0.2, 0) is 11.2 Å². The van der Waals surface area contributed by atoms with Gasteiger partial charge in [0.15, 0.2) is 11.6 Å². The Balaban J connectivity index is 2.05. The third kappa shape index (κ3) is 3.01. The highest BCUT2D eigenvalue weighted by molar-refractivity contribution is 7.14. The van der Waals surface area contributed by atoms with Gasteiger partial charge < -0.3 is 0 Å². The molecule has 0 aromatic carbocycles. The van der Waals surface area contributed by atoms with Crippen LogP contribution in [0.4, 0.5) is 0 Å². The van der Waals surface area contributed by atoms with E-state index in [1.54, 1.807) is 13.0 Å². The summed E-state index contributed by atoms with van der Waals surface area (Å²) in [5.41, 5.74) is 0.894. The van der Waals surface area contributed by atoms with Crippen LogP contribution in [0.1, 0.15) is 34.3 Å². The lowest BCUT2D eigenvalue weighted by molar-refractivity contribution is -0.115. The van der Waals surface area contributed by atoms with Gasteiger partial charge in [-0.2, -0.15) is 0 Å². The van der Waals surface area contributed by atoms with Gasteiger partial charge in [0.25, 0.3) is 0 Å². The van der Waals surface area contributed by atoms with Crippen molar-refractivity contribution >= 4 is 22.9 Å². The number of hydrogen-bond donors (Lipinski definition) is 0. The molecule has 0 atom stereocenters. The molecule has 2 nitrogen and oxygen atoms in total. The number of rotatable bonds is 4. The number of carbonyl (C=O) groups is 2. The van der Waals surface area contributed by atoms with Gasteiger partial charge in [0.1, 0.15) is 0 Å². The highest BCUT2D eigenvalue weighted by atomic mass is 32.1. The summed E-state index contributed by atoms with van der Waals surface area (Å²) < 4.78 is 0. The SMILES string of the molecule is CC(=O)c1ccc(CC(=O)C2=CC=CCC2)s1. The predicted octanol–water partition coefficient (Wildman–Crippen LogP) is 3.34. The van der Waals surface area contributed by atoms with E-state index in [1.165, 1.54) is 11.3 Å². The Labute approximate surface area is 105 Å². The molecule has 1 aliphatic rings. The second kappa shape index (κ2) is 5.23. The topological polar surface area (TPSA) is 34.1 Å². The maximum absolute atomic E-state index is 12.0. The standard InChI is InChI=1S/C14H14O2S/c1-10(15)14-8-7-12(17-14)9-13(16)11-5-3-2-4-6-11/h2-3,5,7-8H,4,6,9H2,1H3. The Bertz CT molecular complexity index is 506. The zero-order chi connectivity index (χ0) is 12.3. The van der Waals surface area contributed by atoms with Crippen molar-refractivity contribution in [1.82, 2.24) is 0 Å². The first-order valence-corrected chi connectivity index (χ1v) is 6.47. The summed E-state index contributed by atoms with van der Waals surface area (Å²) in [6, 6.07) is 3.67. The average molecular weight is 246 g/mol. The fraction of sp³-hybridized carbons (Fsp3) is 0.286. The van der Waals surface area contributed by atoms with Crippen LogP contribution in [0.3, 0.4) is 0 Å². The van der Waals surface area contributed by atoms with Gasteiger partial charge in [-0.05, 0) is 37.5 Å². The van der Waals surface area contributed by atoms with Crippen LogP contribution >= 0.6 is 11.3 Å². The molecule has 88 valence electrons. The zero-order valence-corrected chi connectivity index (χ0v) is 10.5. The first-order chi connectivity index (χ1) is 8.16. The van der Waals surface area contributed by atoms with Gasteiger partial charge in [0.05, 0.1) is 4.88 Å². The molecule has 0 aliphatic heterocycles. The summed E-state index contributed by atoms with van der Waals surface area (Å²) >= 11 is 1.42. The van der Waals surface area contributed by atoms with Crippen molar-refractivity contribution in [3.8, 4) is 0 Å². The van der Waals surface area contributed by atoms with E-state index in [4.69, 9.17) is 0 Å². The van der Waals surface area contributed by atoms with Gasteiger partial charge in [-0.1, -0.05) is 18.2 Å². The first-order valence-electron chi connectivity index (χ1n) is 5.65. The van der Waals surface area contributed by atoms with E-state index >= 15 is 0 Å². The summed E-state index contributed by atoms with van der Waals surface area (Å²) in [5, 5.41) is 0. The number of thiophene rings is 1. The van der Waals surface area contributed by atoms with E-state index in [1.807, 2.05) is 18.2 Å². The van der Waals surface area contributed by atoms with Crippen LogP contribution in [0, 0.1) is 0 Å². The van der Waals surface area contributed by atoms with Crippen LogP contribution in [0.25, 0.3) is 0 Å². The Morgan fingerprint density at radius 2 is 2.18 bits per heavy atom. The van der Waals surface area contributed by atoms with Gasteiger partial charge in [-0.15, -0.1) is 11.3 Å². The molecule has 1 aromatic rings. The van der Waals surface area contributed by atoms with E-state index in [-0.39, 0.29) is 11.6 Å². The van der Waals surface area contributed by atoms with Crippen LogP contribution in [0.15, 0.2) is 35.9 Å². The number of Topliss-reactive ketones (excluding diaryl/α,β-unsaturated/α-hetero) is 2. The molecule has 0 bridgehead atoms. The minimum atomic E-state index is 0.0634. The number of hydrogen-bond acceptors (Lipinski definition) is 3. The van der Waals surface area contributed by atoms with Crippen molar-refractivity contribution in [2.45, 2.75) is 26.2 Å². The summed E-state index contributed by atoms with van der Waals surface area (Å²) in [6.07, 6.45) is 8.09. The second-order valence-corrected chi connectivity index (χ2v) is 5.25. The monoisotopic (exact) mass is 246 g/mol. The molecule has 3 heteroatoms. The smallest absolute Gasteiger partial charge is 0.169 e. The van der Waals surface area contributed by atoms with E-state index in [0.717, 1.165) is 28.2 Å². The van der Waals surface area contributed by atoms with Crippen molar-refractivity contribution < 1.29 is 9.59 Å². The molecule has 0 saturated heterocycles. The van der Waals surface area contributed by atoms with Crippen molar-refractivity contribution in [3.63, 3.8) is 0 Å². The Morgan fingerprint density at radius 3 is 2.76 bits per heavy atom. The van der Waals surface area contributed by atoms with Gasteiger partial charge in [-0.3, -0.25) is 9.59 Å². The first kappa shape index (κ1) is 12.0. The largest absolute Gasteiger partial charge is 0.294 e. The molecule has 2 rings (SSSR count). The molecule has 1 aliphatic carbocycles. The molecule has 0 N–H and O–H groups in total. The van der Waals surface area contributed by atoms with E-state index in [9.17, 15) is 9.59 Å². The third-order valence-electron chi connectivity index (χ3n) is 2.72. The normalized spacial score (nSPS) is 14.5. The average Bonchev–Trinajstić information content (AvgIpc) is 2.79. The molecular weight excluding hydrogens is 232 g/mol. The quantitative estimate of drug-likeness (QED) is 0.763. The number of carbonyl (C=O) groups excluding carboxylic acids is 2. The lowest BCUT2D eigenvalue weighted by atomic mass is 9.99. The molecule has 0 spiro atoms. The van der Waals surface area contributed by atoms with Crippen LogP contribution < -0.4 is 0 Å².